The lowest BCUT2D eigenvalue weighted by Crippen LogP contribution is -2.34. The van der Waals surface area contributed by atoms with Crippen molar-refractivity contribution in [3.05, 3.63) is 35.3 Å². The molecule has 0 aliphatic heterocycles. The van der Waals surface area contributed by atoms with Gasteiger partial charge in [-0.3, -0.25) is 4.79 Å². The molecule has 0 unspecified atom stereocenters. The van der Waals surface area contributed by atoms with Crippen molar-refractivity contribution in [2.75, 3.05) is 17.7 Å². The van der Waals surface area contributed by atoms with Crippen molar-refractivity contribution in [1.82, 2.24) is 4.98 Å². The first-order chi connectivity index (χ1) is 10.1. The lowest BCUT2D eigenvalue weighted by atomic mass is 10.2. The summed E-state index contributed by atoms with van der Waals surface area (Å²) < 4.78 is 5.12. The first-order valence-electron chi connectivity index (χ1n) is 6.76. The number of amides is 1. The van der Waals surface area contributed by atoms with Crippen molar-refractivity contribution in [2.45, 2.75) is 26.3 Å². The van der Waals surface area contributed by atoms with Crippen LogP contribution in [0.2, 0.25) is 0 Å². The zero-order chi connectivity index (χ0) is 15.2. The molecule has 1 amide bonds. The number of aromatic nitrogens is 1. The van der Waals surface area contributed by atoms with Gasteiger partial charge in [-0.1, -0.05) is 6.92 Å². The van der Waals surface area contributed by atoms with E-state index >= 15 is 0 Å². The standard InChI is InChI=1S/C15H19N3O2S/c1-4-13(14(19)18-15-16-10(2)9-21-15)17-11-5-7-12(20-3)8-6-11/h5-9,13,17H,4H2,1-3H3,(H,16,18,19)/t13-/m1/s1. The van der Waals surface area contributed by atoms with Crippen LogP contribution in [0.25, 0.3) is 0 Å². The van der Waals surface area contributed by atoms with Gasteiger partial charge in [-0.2, -0.15) is 0 Å². The summed E-state index contributed by atoms with van der Waals surface area (Å²) in [5.41, 5.74) is 1.79. The smallest absolute Gasteiger partial charge is 0.248 e. The molecule has 0 saturated heterocycles. The fourth-order valence-electron chi connectivity index (χ4n) is 1.85. The lowest BCUT2D eigenvalue weighted by molar-refractivity contribution is -0.116. The van der Waals surface area contributed by atoms with E-state index in [9.17, 15) is 4.79 Å². The number of carbonyl (C=O) groups is 1. The second-order valence-corrected chi connectivity index (χ2v) is 5.48. The first kappa shape index (κ1) is 15.3. The number of anilines is 2. The van der Waals surface area contributed by atoms with Crippen molar-refractivity contribution in [3.8, 4) is 5.75 Å². The van der Waals surface area contributed by atoms with E-state index in [0.717, 1.165) is 17.1 Å². The molecule has 2 rings (SSSR count). The fraction of sp³-hybridized carbons (Fsp3) is 0.333. The Balaban J connectivity index is 1.99. The van der Waals surface area contributed by atoms with E-state index in [4.69, 9.17) is 4.74 Å². The van der Waals surface area contributed by atoms with E-state index in [-0.39, 0.29) is 11.9 Å². The van der Waals surface area contributed by atoms with Crippen molar-refractivity contribution in [2.24, 2.45) is 0 Å². The van der Waals surface area contributed by atoms with Gasteiger partial charge in [0.05, 0.1) is 12.8 Å². The zero-order valence-corrected chi connectivity index (χ0v) is 13.2. The fourth-order valence-corrected chi connectivity index (χ4v) is 2.54. The highest BCUT2D eigenvalue weighted by molar-refractivity contribution is 7.13. The monoisotopic (exact) mass is 305 g/mol. The maximum atomic E-state index is 12.2. The number of carbonyl (C=O) groups excluding carboxylic acids is 1. The molecule has 5 nitrogen and oxygen atoms in total. The number of hydrogen-bond donors (Lipinski definition) is 2. The van der Waals surface area contributed by atoms with Crippen LogP contribution in [-0.4, -0.2) is 24.0 Å². The molecule has 0 spiro atoms. The van der Waals surface area contributed by atoms with Crippen LogP contribution in [0.4, 0.5) is 10.8 Å². The van der Waals surface area contributed by atoms with Crippen molar-refractivity contribution in [3.63, 3.8) is 0 Å². The summed E-state index contributed by atoms with van der Waals surface area (Å²) in [6.07, 6.45) is 0.683. The third kappa shape index (κ3) is 4.19. The lowest BCUT2D eigenvalue weighted by Gasteiger charge is -2.17. The largest absolute Gasteiger partial charge is 0.497 e. The van der Waals surface area contributed by atoms with Gasteiger partial charge in [-0.05, 0) is 37.6 Å². The average Bonchev–Trinajstić information content (AvgIpc) is 2.90. The highest BCUT2D eigenvalue weighted by Gasteiger charge is 2.17. The van der Waals surface area contributed by atoms with Gasteiger partial charge in [0.15, 0.2) is 5.13 Å². The molecule has 1 aromatic carbocycles. The van der Waals surface area contributed by atoms with E-state index in [0.29, 0.717) is 11.6 Å². The summed E-state index contributed by atoms with van der Waals surface area (Å²) in [7, 11) is 1.63. The van der Waals surface area contributed by atoms with E-state index in [1.165, 1.54) is 11.3 Å². The summed E-state index contributed by atoms with van der Waals surface area (Å²) in [6, 6.07) is 7.20. The first-order valence-corrected chi connectivity index (χ1v) is 7.64. The van der Waals surface area contributed by atoms with Gasteiger partial charge in [0.1, 0.15) is 11.8 Å². The van der Waals surface area contributed by atoms with Crippen LogP contribution >= 0.6 is 11.3 Å². The minimum absolute atomic E-state index is 0.0809. The Morgan fingerprint density at radius 2 is 2.10 bits per heavy atom. The number of aryl methyl sites for hydroxylation is 1. The number of thiazole rings is 1. The Labute approximate surface area is 128 Å². The van der Waals surface area contributed by atoms with Crippen LogP contribution in [0.15, 0.2) is 29.6 Å². The minimum Gasteiger partial charge on any atom is -0.497 e. The van der Waals surface area contributed by atoms with E-state index < -0.39 is 0 Å². The zero-order valence-electron chi connectivity index (χ0n) is 12.3. The molecule has 0 bridgehead atoms. The molecule has 2 N–H and O–H groups in total. The number of rotatable bonds is 6. The quantitative estimate of drug-likeness (QED) is 0.859. The van der Waals surface area contributed by atoms with Crippen LogP contribution in [0, 0.1) is 6.92 Å². The molecule has 2 aromatic rings. The second kappa shape index (κ2) is 7.08. The molecule has 1 heterocycles. The van der Waals surface area contributed by atoms with Crippen molar-refractivity contribution < 1.29 is 9.53 Å². The second-order valence-electron chi connectivity index (χ2n) is 4.62. The number of benzene rings is 1. The normalized spacial score (nSPS) is 11.8. The molecule has 0 fully saturated rings. The molecular formula is C15H19N3O2S. The van der Waals surface area contributed by atoms with Crippen molar-refractivity contribution in [1.29, 1.82) is 0 Å². The maximum Gasteiger partial charge on any atom is 0.248 e. The molecule has 1 aromatic heterocycles. The number of methoxy groups -OCH3 is 1. The third-order valence-electron chi connectivity index (χ3n) is 3.00. The van der Waals surface area contributed by atoms with Crippen LogP contribution in [-0.2, 0) is 4.79 Å². The summed E-state index contributed by atoms with van der Waals surface area (Å²) in [5, 5.41) is 8.60. The van der Waals surface area contributed by atoms with Crippen molar-refractivity contribution >= 4 is 28.1 Å². The molecule has 0 radical (unpaired) electrons. The summed E-state index contributed by atoms with van der Waals surface area (Å²) in [4.78, 5) is 16.5. The molecule has 0 aliphatic carbocycles. The van der Waals surface area contributed by atoms with Gasteiger partial charge in [0, 0.05) is 11.1 Å². The number of nitrogens with one attached hydrogen (secondary N) is 2. The molecule has 0 saturated carbocycles. The summed E-state index contributed by atoms with van der Waals surface area (Å²) in [5.74, 6) is 0.707. The Hall–Kier alpha value is -2.08. The van der Waals surface area contributed by atoms with Crippen LogP contribution in [0.1, 0.15) is 19.0 Å². The highest BCUT2D eigenvalue weighted by atomic mass is 32.1. The number of ether oxygens (including phenoxy) is 1. The highest BCUT2D eigenvalue weighted by Crippen LogP contribution is 2.18. The van der Waals surface area contributed by atoms with Crippen LogP contribution < -0.4 is 15.4 Å². The Morgan fingerprint density at radius 3 is 2.62 bits per heavy atom. The van der Waals surface area contributed by atoms with Gasteiger partial charge in [0.25, 0.3) is 0 Å². The molecule has 112 valence electrons. The van der Waals surface area contributed by atoms with E-state index in [1.54, 1.807) is 7.11 Å². The van der Waals surface area contributed by atoms with E-state index in [1.807, 2.05) is 43.5 Å². The molecule has 6 heteroatoms. The minimum atomic E-state index is -0.303. The van der Waals surface area contributed by atoms with Gasteiger partial charge in [-0.15, -0.1) is 11.3 Å². The van der Waals surface area contributed by atoms with E-state index in [2.05, 4.69) is 15.6 Å². The van der Waals surface area contributed by atoms with Crippen LogP contribution in [0.3, 0.4) is 0 Å². The van der Waals surface area contributed by atoms with Gasteiger partial charge in [0.2, 0.25) is 5.91 Å². The topological polar surface area (TPSA) is 63.2 Å². The van der Waals surface area contributed by atoms with Crippen LogP contribution in [0.5, 0.6) is 5.75 Å². The molecule has 21 heavy (non-hydrogen) atoms. The number of nitrogens with zero attached hydrogens (tertiary/aromatic N) is 1. The summed E-state index contributed by atoms with van der Waals surface area (Å²) in [6.45, 7) is 3.87. The SMILES string of the molecule is CC[C@@H](Nc1ccc(OC)cc1)C(=O)Nc1nc(C)cs1. The average molecular weight is 305 g/mol. The predicted molar refractivity (Wildman–Crippen MR) is 86.2 cm³/mol. The van der Waals surface area contributed by atoms with Gasteiger partial charge >= 0.3 is 0 Å². The van der Waals surface area contributed by atoms with Gasteiger partial charge < -0.3 is 15.4 Å². The third-order valence-corrected chi connectivity index (χ3v) is 3.88. The Morgan fingerprint density at radius 1 is 1.38 bits per heavy atom. The Kier molecular flexibility index (Phi) is 5.16. The Bertz CT molecular complexity index is 595. The molecule has 1 atom stereocenters. The summed E-state index contributed by atoms with van der Waals surface area (Å²) >= 11 is 1.43. The maximum absolute atomic E-state index is 12.2. The number of hydrogen-bond acceptors (Lipinski definition) is 5. The van der Waals surface area contributed by atoms with Gasteiger partial charge in [-0.25, -0.2) is 4.98 Å². The predicted octanol–water partition coefficient (Wildman–Crippen LogP) is 3.29. The molecular weight excluding hydrogens is 286 g/mol. The molecule has 0 aliphatic rings.